The van der Waals surface area contributed by atoms with Gasteiger partial charge in [-0.25, -0.2) is 4.79 Å². The molecule has 2 aliphatic rings. The van der Waals surface area contributed by atoms with Crippen LogP contribution in [0.15, 0.2) is 16.2 Å². The van der Waals surface area contributed by atoms with Gasteiger partial charge in [0.25, 0.3) is 0 Å². The Labute approximate surface area is 154 Å². The van der Waals surface area contributed by atoms with Gasteiger partial charge in [-0.2, -0.15) is 4.98 Å². The molecule has 1 saturated heterocycles. The van der Waals surface area contributed by atoms with Gasteiger partial charge < -0.3 is 19.9 Å². The van der Waals surface area contributed by atoms with Crippen molar-refractivity contribution in [1.82, 2.24) is 20.8 Å². The number of carbonyl (C=O) groups excluding carboxylic acids is 1. The number of hydrogen-bond donors (Lipinski definition) is 2. The molecule has 2 N–H and O–H groups in total. The van der Waals surface area contributed by atoms with Crippen molar-refractivity contribution in [1.29, 1.82) is 0 Å². The lowest BCUT2D eigenvalue weighted by molar-refractivity contribution is 0.0503. The van der Waals surface area contributed by atoms with Gasteiger partial charge in [-0.3, -0.25) is 0 Å². The average Bonchev–Trinajstić information content (AvgIpc) is 3.32. The highest BCUT2D eigenvalue weighted by Crippen LogP contribution is 2.30. The third kappa shape index (κ3) is 5.06. The standard InChI is InChI=1S/C19H30N4O3/c1-13(2)17-22-18(26-23-17)16(15-8-11-25-12-9-15)21-19(24)20-10-7-14-5-3-4-6-14/h5,13,15-16H,3-4,6-12H2,1-2H3,(H2,20,21,24). The molecule has 0 radical (unpaired) electrons. The first-order valence-electron chi connectivity index (χ1n) is 9.77. The molecule has 7 heteroatoms. The molecule has 1 aromatic heterocycles. The molecule has 1 unspecified atom stereocenters. The average molecular weight is 362 g/mol. The van der Waals surface area contributed by atoms with Crippen LogP contribution in [0.25, 0.3) is 0 Å². The van der Waals surface area contributed by atoms with Crippen molar-refractivity contribution in [3.8, 4) is 0 Å². The zero-order valence-corrected chi connectivity index (χ0v) is 15.8. The lowest BCUT2D eigenvalue weighted by atomic mass is 9.91. The van der Waals surface area contributed by atoms with Crippen LogP contribution in [-0.2, 0) is 4.74 Å². The summed E-state index contributed by atoms with van der Waals surface area (Å²) in [5.74, 6) is 1.60. The highest BCUT2D eigenvalue weighted by molar-refractivity contribution is 5.74. The SMILES string of the molecule is CC(C)c1noc(C(NC(=O)NCCC2=CCCC2)C2CCOCC2)n1. The maximum absolute atomic E-state index is 12.4. The molecule has 1 aliphatic heterocycles. The Morgan fingerprint density at radius 1 is 1.35 bits per heavy atom. The number of urea groups is 1. The summed E-state index contributed by atoms with van der Waals surface area (Å²) in [5.41, 5.74) is 1.45. The monoisotopic (exact) mass is 362 g/mol. The van der Waals surface area contributed by atoms with Crippen LogP contribution in [0.4, 0.5) is 4.79 Å². The first-order valence-corrected chi connectivity index (χ1v) is 9.77. The number of hydrogen-bond acceptors (Lipinski definition) is 5. The summed E-state index contributed by atoms with van der Waals surface area (Å²) < 4.78 is 10.9. The van der Waals surface area contributed by atoms with Crippen LogP contribution in [0.1, 0.15) is 76.0 Å². The molecule has 7 nitrogen and oxygen atoms in total. The van der Waals surface area contributed by atoms with Crippen molar-refractivity contribution in [3.63, 3.8) is 0 Å². The molecule has 1 aromatic rings. The van der Waals surface area contributed by atoms with E-state index in [2.05, 4.69) is 26.9 Å². The van der Waals surface area contributed by atoms with E-state index in [4.69, 9.17) is 9.26 Å². The van der Waals surface area contributed by atoms with Crippen molar-refractivity contribution in [2.45, 2.75) is 64.3 Å². The van der Waals surface area contributed by atoms with E-state index in [0.717, 1.165) is 25.7 Å². The zero-order valence-electron chi connectivity index (χ0n) is 15.8. The lowest BCUT2D eigenvalue weighted by Crippen LogP contribution is -2.42. The predicted molar refractivity (Wildman–Crippen MR) is 97.8 cm³/mol. The van der Waals surface area contributed by atoms with Crippen LogP contribution in [-0.4, -0.2) is 35.9 Å². The van der Waals surface area contributed by atoms with Gasteiger partial charge in [-0.15, -0.1) is 0 Å². The minimum Gasteiger partial charge on any atom is -0.381 e. The zero-order chi connectivity index (χ0) is 18.4. The molecular formula is C19H30N4O3. The molecule has 1 aliphatic carbocycles. The molecule has 26 heavy (non-hydrogen) atoms. The van der Waals surface area contributed by atoms with E-state index < -0.39 is 0 Å². The molecule has 2 amide bonds. The molecule has 0 aromatic carbocycles. The number of allylic oxidation sites excluding steroid dienone is 1. The van der Waals surface area contributed by atoms with Crippen LogP contribution < -0.4 is 10.6 Å². The van der Waals surface area contributed by atoms with Crippen molar-refractivity contribution in [2.75, 3.05) is 19.8 Å². The second kappa shape index (κ2) is 9.16. The summed E-state index contributed by atoms with van der Waals surface area (Å²) in [7, 11) is 0. The first-order chi connectivity index (χ1) is 12.6. The van der Waals surface area contributed by atoms with Crippen molar-refractivity contribution < 1.29 is 14.1 Å². The summed E-state index contributed by atoms with van der Waals surface area (Å²) in [6.07, 6.45) is 8.53. The predicted octanol–water partition coefficient (Wildman–Crippen LogP) is 3.46. The van der Waals surface area contributed by atoms with Crippen LogP contribution in [0.3, 0.4) is 0 Å². The van der Waals surface area contributed by atoms with E-state index in [1.807, 2.05) is 13.8 Å². The number of rotatable bonds is 7. The van der Waals surface area contributed by atoms with E-state index in [9.17, 15) is 4.79 Å². The van der Waals surface area contributed by atoms with Crippen molar-refractivity contribution in [2.24, 2.45) is 5.92 Å². The highest BCUT2D eigenvalue weighted by Gasteiger charge is 2.31. The third-order valence-corrected chi connectivity index (χ3v) is 5.13. The van der Waals surface area contributed by atoms with Gasteiger partial charge in [-0.1, -0.05) is 30.7 Å². The summed E-state index contributed by atoms with van der Waals surface area (Å²) in [4.78, 5) is 16.9. The van der Waals surface area contributed by atoms with Gasteiger partial charge >= 0.3 is 6.03 Å². The third-order valence-electron chi connectivity index (χ3n) is 5.13. The summed E-state index contributed by atoms with van der Waals surface area (Å²) in [6.45, 7) is 6.10. The number of carbonyl (C=O) groups is 1. The van der Waals surface area contributed by atoms with Gasteiger partial charge in [0.2, 0.25) is 5.89 Å². The van der Waals surface area contributed by atoms with Crippen LogP contribution >= 0.6 is 0 Å². The Balaban J connectivity index is 1.59. The molecular weight excluding hydrogens is 332 g/mol. The van der Waals surface area contributed by atoms with E-state index in [1.165, 1.54) is 18.4 Å². The number of nitrogens with one attached hydrogen (secondary N) is 2. The minimum atomic E-state index is -0.274. The quantitative estimate of drug-likeness (QED) is 0.725. The fourth-order valence-corrected chi connectivity index (χ4v) is 3.53. The summed E-state index contributed by atoms with van der Waals surface area (Å²) >= 11 is 0. The Bertz CT molecular complexity index is 620. The first kappa shape index (κ1) is 18.9. The minimum absolute atomic E-state index is 0.176. The van der Waals surface area contributed by atoms with Gasteiger partial charge in [0.15, 0.2) is 5.82 Å². The Morgan fingerprint density at radius 2 is 2.15 bits per heavy atom. The lowest BCUT2D eigenvalue weighted by Gasteiger charge is -2.28. The van der Waals surface area contributed by atoms with Crippen molar-refractivity contribution in [3.05, 3.63) is 23.4 Å². The second-order valence-electron chi connectivity index (χ2n) is 7.48. The highest BCUT2D eigenvalue weighted by atomic mass is 16.5. The molecule has 0 spiro atoms. The van der Waals surface area contributed by atoms with E-state index in [1.54, 1.807) is 0 Å². The van der Waals surface area contributed by atoms with Crippen LogP contribution in [0, 0.1) is 5.92 Å². The van der Waals surface area contributed by atoms with Crippen LogP contribution in [0.2, 0.25) is 0 Å². The Morgan fingerprint density at radius 3 is 2.81 bits per heavy atom. The van der Waals surface area contributed by atoms with Gasteiger partial charge in [0.05, 0.1) is 0 Å². The second-order valence-corrected chi connectivity index (χ2v) is 7.48. The maximum Gasteiger partial charge on any atom is 0.315 e. The number of nitrogens with zero attached hydrogens (tertiary/aromatic N) is 2. The van der Waals surface area contributed by atoms with E-state index >= 15 is 0 Å². The smallest absolute Gasteiger partial charge is 0.315 e. The summed E-state index contributed by atoms with van der Waals surface area (Å²) in [6, 6.07) is -0.450. The van der Waals surface area contributed by atoms with Gasteiger partial charge in [-0.05, 0) is 44.4 Å². The van der Waals surface area contributed by atoms with E-state index in [-0.39, 0.29) is 23.9 Å². The Hall–Kier alpha value is -1.89. The molecule has 1 fully saturated rings. The fourth-order valence-electron chi connectivity index (χ4n) is 3.53. The molecule has 2 heterocycles. The maximum atomic E-state index is 12.4. The molecule has 1 atom stereocenters. The summed E-state index contributed by atoms with van der Waals surface area (Å²) in [5, 5.41) is 10.1. The van der Waals surface area contributed by atoms with Gasteiger partial charge in [0.1, 0.15) is 6.04 Å². The molecule has 144 valence electrons. The number of ether oxygens (including phenoxy) is 1. The van der Waals surface area contributed by atoms with Gasteiger partial charge in [0, 0.05) is 25.7 Å². The number of aromatic nitrogens is 2. The van der Waals surface area contributed by atoms with Crippen LogP contribution in [0.5, 0.6) is 0 Å². The largest absolute Gasteiger partial charge is 0.381 e. The topological polar surface area (TPSA) is 89.3 Å². The Kier molecular flexibility index (Phi) is 6.66. The molecule has 0 bridgehead atoms. The molecule has 3 rings (SSSR count). The normalized spacial score (nSPS) is 19.4. The molecule has 0 saturated carbocycles. The number of amides is 2. The van der Waals surface area contributed by atoms with E-state index in [0.29, 0.717) is 31.5 Å². The van der Waals surface area contributed by atoms with Crippen molar-refractivity contribution >= 4 is 6.03 Å². The fraction of sp³-hybridized carbons (Fsp3) is 0.737.